The average molecular weight is 410 g/mol. The number of phenolic OH excluding ortho intramolecular Hbond substituents is 1. The summed E-state index contributed by atoms with van der Waals surface area (Å²) in [5.74, 6) is 1.19. The molecular formula is C24H43NO4. The zero-order valence-electron chi connectivity index (χ0n) is 19.2. The van der Waals surface area contributed by atoms with E-state index < -0.39 is 0 Å². The number of hydrogen-bond donors (Lipinski definition) is 4. The Bertz CT molecular complexity index is 576. The highest BCUT2D eigenvalue weighted by atomic mass is 16.5. The summed E-state index contributed by atoms with van der Waals surface area (Å²) in [6.45, 7) is 14.8. The smallest absolute Gasteiger partial charge is 0.164 e. The number of aryl methyl sites for hydroxylation is 1. The normalized spacial score (nSPS) is 22.1. The third kappa shape index (κ3) is 8.77. The van der Waals surface area contributed by atoms with Crippen molar-refractivity contribution in [1.82, 2.24) is 5.32 Å². The van der Waals surface area contributed by atoms with E-state index in [1.165, 1.54) is 5.56 Å². The first kappa shape index (κ1) is 27.4. The summed E-state index contributed by atoms with van der Waals surface area (Å²) in [4.78, 5) is 0. The molecule has 5 heteroatoms. The van der Waals surface area contributed by atoms with Gasteiger partial charge in [-0.3, -0.25) is 0 Å². The van der Waals surface area contributed by atoms with Crippen LogP contribution >= 0.6 is 0 Å². The first-order valence-electron chi connectivity index (χ1n) is 10.9. The number of aliphatic hydroxyl groups excluding tert-OH is 2. The van der Waals surface area contributed by atoms with Gasteiger partial charge in [0.15, 0.2) is 11.5 Å². The second kappa shape index (κ2) is 15.3. The molecule has 0 heterocycles. The molecule has 1 fully saturated rings. The van der Waals surface area contributed by atoms with Crippen molar-refractivity contribution < 1.29 is 20.1 Å². The molecule has 0 spiro atoms. The minimum absolute atomic E-state index is 0.0906. The predicted molar refractivity (Wildman–Crippen MR) is 122 cm³/mol. The van der Waals surface area contributed by atoms with Gasteiger partial charge in [-0.15, -0.1) is 6.58 Å². The summed E-state index contributed by atoms with van der Waals surface area (Å²) >= 11 is 0. The fraction of sp³-hybridized carbons (Fsp3) is 0.667. The molecule has 4 unspecified atom stereocenters. The number of benzene rings is 1. The van der Waals surface area contributed by atoms with Crippen LogP contribution in [0.25, 0.3) is 0 Å². The van der Waals surface area contributed by atoms with E-state index >= 15 is 0 Å². The maximum atomic E-state index is 10.3. The van der Waals surface area contributed by atoms with Crippen molar-refractivity contribution in [3.63, 3.8) is 0 Å². The van der Waals surface area contributed by atoms with Crippen LogP contribution in [-0.4, -0.2) is 47.2 Å². The summed E-state index contributed by atoms with van der Waals surface area (Å²) in [6.07, 6.45) is 5.59. The summed E-state index contributed by atoms with van der Waals surface area (Å²) in [5, 5.41) is 31.0. The molecule has 168 valence electrons. The minimum atomic E-state index is -0.349. The van der Waals surface area contributed by atoms with E-state index in [0.29, 0.717) is 24.1 Å². The van der Waals surface area contributed by atoms with Gasteiger partial charge in [0.05, 0.1) is 6.10 Å². The van der Waals surface area contributed by atoms with Crippen LogP contribution in [0, 0.1) is 12.8 Å². The number of aliphatic hydroxyl groups is 2. The molecule has 4 N–H and O–H groups in total. The van der Waals surface area contributed by atoms with Crippen LogP contribution in [0.1, 0.15) is 64.5 Å². The Hall–Kier alpha value is -1.56. The predicted octanol–water partition coefficient (Wildman–Crippen LogP) is 4.36. The van der Waals surface area contributed by atoms with Crippen molar-refractivity contribution in [3.8, 4) is 11.5 Å². The van der Waals surface area contributed by atoms with Crippen molar-refractivity contribution in [2.45, 2.75) is 85.0 Å². The molecule has 0 bridgehead atoms. The van der Waals surface area contributed by atoms with Crippen molar-refractivity contribution in [2.75, 3.05) is 13.7 Å². The van der Waals surface area contributed by atoms with Crippen LogP contribution in [0.5, 0.6) is 11.5 Å². The monoisotopic (exact) mass is 409 g/mol. The Morgan fingerprint density at radius 3 is 2.48 bits per heavy atom. The second-order valence-electron chi connectivity index (χ2n) is 7.24. The van der Waals surface area contributed by atoms with Crippen LogP contribution < -0.4 is 10.1 Å². The fourth-order valence-electron chi connectivity index (χ4n) is 3.78. The van der Waals surface area contributed by atoms with Crippen molar-refractivity contribution in [1.29, 1.82) is 0 Å². The van der Waals surface area contributed by atoms with E-state index in [9.17, 15) is 10.2 Å². The molecule has 0 aliphatic heterocycles. The maximum absolute atomic E-state index is 10.3. The van der Waals surface area contributed by atoms with Crippen LogP contribution in [-0.2, 0) is 6.42 Å². The molecular weight excluding hydrogens is 366 g/mol. The lowest BCUT2D eigenvalue weighted by Crippen LogP contribution is -2.35. The lowest BCUT2D eigenvalue weighted by Gasteiger charge is -2.27. The van der Waals surface area contributed by atoms with Gasteiger partial charge >= 0.3 is 0 Å². The molecule has 1 saturated carbocycles. The van der Waals surface area contributed by atoms with Crippen LogP contribution in [0.15, 0.2) is 24.8 Å². The number of phenols is 1. The molecule has 5 nitrogen and oxygen atoms in total. The Balaban J connectivity index is 0.00000184. The molecule has 0 amide bonds. The molecule has 2 rings (SSSR count). The Morgan fingerprint density at radius 2 is 1.90 bits per heavy atom. The lowest BCUT2D eigenvalue weighted by molar-refractivity contribution is 0.0930. The highest BCUT2D eigenvalue weighted by molar-refractivity contribution is 5.49. The number of hydrogen-bond acceptors (Lipinski definition) is 5. The van der Waals surface area contributed by atoms with Gasteiger partial charge in [-0.2, -0.15) is 0 Å². The van der Waals surface area contributed by atoms with Crippen molar-refractivity contribution >= 4 is 0 Å². The van der Waals surface area contributed by atoms with E-state index in [2.05, 4.69) is 25.7 Å². The van der Waals surface area contributed by atoms with Crippen LogP contribution in [0.2, 0.25) is 0 Å². The van der Waals surface area contributed by atoms with E-state index in [1.54, 1.807) is 6.07 Å². The molecule has 0 radical (unpaired) electrons. The number of rotatable bonds is 7. The molecule has 1 aromatic rings. The molecule has 4 atom stereocenters. The van der Waals surface area contributed by atoms with Gasteiger partial charge in [-0.25, -0.2) is 0 Å². The van der Waals surface area contributed by atoms with Gasteiger partial charge in [0, 0.05) is 26.1 Å². The van der Waals surface area contributed by atoms with Gasteiger partial charge in [-0.1, -0.05) is 32.9 Å². The SMILES string of the molecule is C=CCNC(C)C1CCC(O)CC(Oc2c(O)ccc(CC)c2C)C1.CC.CO. The van der Waals surface area contributed by atoms with Crippen molar-refractivity contribution in [3.05, 3.63) is 35.9 Å². The quantitative estimate of drug-likeness (QED) is 0.397. The molecule has 1 aliphatic carbocycles. The van der Waals surface area contributed by atoms with E-state index in [-0.39, 0.29) is 18.0 Å². The highest BCUT2D eigenvalue weighted by Crippen LogP contribution is 2.36. The van der Waals surface area contributed by atoms with E-state index in [1.807, 2.05) is 32.9 Å². The Labute approximate surface area is 177 Å². The summed E-state index contributed by atoms with van der Waals surface area (Å²) in [7, 11) is 1.00. The molecule has 1 aliphatic rings. The Morgan fingerprint density at radius 1 is 1.24 bits per heavy atom. The van der Waals surface area contributed by atoms with Gasteiger partial charge < -0.3 is 25.4 Å². The van der Waals surface area contributed by atoms with E-state index in [4.69, 9.17) is 9.84 Å². The summed E-state index contributed by atoms with van der Waals surface area (Å²) in [6, 6.07) is 4.00. The largest absolute Gasteiger partial charge is 0.504 e. The number of ether oxygens (including phenoxy) is 1. The standard InChI is InChI=1S/C21H33NO3.C2H6.CH4O/c1-5-11-22-15(4)17-7-9-18(23)13-19(12-17)25-21-14(3)16(6-2)8-10-20(21)24;2*1-2/h5,8,10,15,17-19,22-24H,1,6-7,9,11-13H2,2-4H3;1-2H3;2H,1H3. The molecule has 0 saturated heterocycles. The molecule has 1 aromatic carbocycles. The third-order valence-corrected chi connectivity index (χ3v) is 5.43. The minimum Gasteiger partial charge on any atom is -0.504 e. The van der Waals surface area contributed by atoms with Gasteiger partial charge in [0.25, 0.3) is 0 Å². The molecule has 29 heavy (non-hydrogen) atoms. The highest BCUT2D eigenvalue weighted by Gasteiger charge is 2.30. The van der Waals surface area contributed by atoms with E-state index in [0.717, 1.165) is 44.9 Å². The van der Waals surface area contributed by atoms with Gasteiger partial charge in [0.2, 0.25) is 0 Å². The Kier molecular flexibility index (Phi) is 14.5. The lowest BCUT2D eigenvalue weighted by atomic mass is 9.92. The van der Waals surface area contributed by atoms with Gasteiger partial charge in [0.1, 0.15) is 6.10 Å². The zero-order chi connectivity index (χ0) is 22.4. The fourth-order valence-corrected chi connectivity index (χ4v) is 3.78. The maximum Gasteiger partial charge on any atom is 0.164 e. The average Bonchev–Trinajstić information content (AvgIpc) is 2.93. The van der Waals surface area contributed by atoms with Crippen molar-refractivity contribution in [2.24, 2.45) is 5.92 Å². The number of aromatic hydroxyl groups is 1. The topological polar surface area (TPSA) is 82.0 Å². The number of nitrogens with one attached hydrogen (secondary N) is 1. The van der Waals surface area contributed by atoms with Crippen LogP contribution in [0.4, 0.5) is 0 Å². The first-order chi connectivity index (χ1) is 14.0. The summed E-state index contributed by atoms with van der Waals surface area (Å²) < 4.78 is 6.24. The first-order valence-corrected chi connectivity index (χ1v) is 10.9. The summed E-state index contributed by atoms with van der Waals surface area (Å²) in [5.41, 5.74) is 2.18. The molecule has 0 aromatic heterocycles. The van der Waals surface area contributed by atoms with Crippen LogP contribution in [0.3, 0.4) is 0 Å². The third-order valence-electron chi connectivity index (χ3n) is 5.43. The second-order valence-corrected chi connectivity index (χ2v) is 7.24. The van der Waals surface area contributed by atoms with Gasteiger partial charge in [-0.05, 0) is 62.6 Å². The zero-order valence-corrected chi connectivity index (χ0v) is 19.2.